The van der Waals surface area contributed by atoms with Crippen LogP contribution in [-0.4, -0.2) is 35.4 Å². The fourth-order valence-corrected chi connectivity index (χ4v) is 6.56. The maximum Gasteiger partial charge on any atom is 0.354 e. The van der Waals surface area contributed by atoms with Gasteiger partial charge in [0.05, 0.1) is 29.9 Å². The summed E-state index contributed by atoms with van der Waals surface area (Å²) in [6, 6.07) is 0.458. The molecule has 4 rings (SSSR count). The zero-order valence-corrected chi connectivity index (χ0v) is 21.8. The van der Waals surface area contributed by atoms with Crippen LogP contribution < -0.4 is 10.5 Å². The molecule has 3 aromatic heterocycles. The monoisotopic (exact) mass is 534 g/mol. The lowest BCUT2D eigenvalue weighted by Crippen LogP contribution is -2.19. The third kappa shape index (κ3) is 4.89. The number of pyridine rings is 2. The highest BCUT2D eigenvalue weighted by Crippen LogP contribution is 2.44. The molecule has 0 spiro atoms. The van der Waals surface area contributed by atoms with Gasteiger partial charge in [-0.05, 0) is 38.3 Å². The lowest BCUT2D eigenvalue weighted by atomic mass is 9.90. The van der Waals surface area contributed by atoms with E-state index in [2.05, 4.69) is 24.6 Å². The number of anilines is 1. The van der Waals surface area contributed by atoms with E-state index in [1.807, 2.05) is 13.8 Å². The third-order valence-corrected chi connectivity index (χ3v) is 9.31. The summed E-state index contributed by atoms with van der Waals surface area (Å²) in [5, 5.41) is 28.7. The molecule has 0 fully saturated rings. The van der Waals surface area contributed by atoms with Crippen molar-refractivity contribution in [2.24, 2.45) is 9.50 Å². The highest BCUT2D eigenvalue weighted by atomic mass is 32.2. The van der Waals surface area contributed by atoms with E-state index in [-0.39, 0.29) is 25.9 Å². The van der Waals surface area contributed by atoms with E-state index in [1.165, 1.54) is 32.3 Å². The van der Waals surface area contributed by atoms with Crippen LogP contribution in [0.3, 0.4) is 0 Å². The summed E-state index contributed by atoms with van der Waals surface area (Å²) in [6.45, 7) is 6.41. The Kier molecular flexibility index (Phi) is 6.73. The van der Waals surface area contributed by atoms with Crippen LogP contribution in [0.1, 0.15) is 56.1 Å². The first-order valence-corrected chi connectivity index (χ1v) is 13.5. The van der Waals surface area contributed by atoms with E-state index < -0.39 is 34.0 Å². The summed E-state index contributed by atoms with van der Waals surface area (Å²) in [6.07, 6.45) is 5.34. The summed E-state index contributed by atoms with van der Waals surface area (Å²) < 4.78 is 31.5. The second kappa shape index (κ2) is 9.23. The molecule has 2 amide bonds. The second-order valence-electron chi connectivity index (χ2n) is 9.67. The maximum absolute atomic E-state index is 14.6. The lowest BCUT2D eigenvalue weighted by molar-refractivity contribution is 0.0779. The van der Waals surface area contributed by atoms with Crippen LogP contribution in [0.2, 0.25) is 0 Å². The van der Waals surface area contributed by atoms with Gasteiger partial charge in [-0.3, -0.25) is 9.97 Å². The molecule has 1 unspecified atom stereocenters. The highest BCUT2D eigenvalue weighted by Gasteiger charge is 2.35. The molecule has 1 aliphatic rings. The molecule has 5 N–H and O–H groups in total. The van der Waals surface area contributed by atoms with Gasteiger partial charge in [0.1, 0.15) is 20.6 Å². The van der Waals surface area contributed by atoms with E-state index in [4.69, 9.17) is 5.14 Å². The van der Waals surface area contributed by atoms with Crippen molar-refractivity contribution in [1.82, 2.24) is 15.0 Å². The predicted octanol–water partition coefficient (Wildman–Crippen LogP) is 3.62. The van der Waals surface area contributed by atoms with Gasteiger partial charge in [-0.1, -0.05) is 13.8 Å². The quantitative estimate of drug-likeness (QED) is 0.388. The van der Waals surface area contributed by atoms with Crippen LogP contribution in [0.5, 0.6) is 0 Å². The van der Waals surface area contributed by atoms with Crippen LogP contribution >= 0.6 is 11.3 Å². The Bertz CT molecular complexity index is 1470. The third-order valence-electron chi connectivity index (χ3n) is 5.93. The molecule has 1 atom stereocenters. The fourth-order valence-electron chi connectivity index (χ4n) is 4.10. The molecular weight excluding hydrogens is 507 g/mol. The molecule has 0 aromatic carbocycles. The Balaban J connectivity index is 1.80. The summed E-state index contributed by atoms with van der Waals surface area (Å²) in [7, 11) is -3.84. The zero-order chi connectivity index (χ0) is 26.5. The Morgan fingerprint density at radius 1 is 1.36 bits per heavy atom. The van der Waals surface area contributed by atoms with Gasteiger partial charge in [0.2, 0.25) is 0 Å². The van der Waals surface area contributed by atoms with Crippen LogP contribution in [0.4, 0.5) is 14.9 Å². The van der Waals surface area contributed by atoms with E-state index in [0.717, 1.165) is 35.2 Å². The van der Waals surface area contributed by atoms with Crippen molar-refractivity contribution in [1.29, 1.82) is 0 Å². The number of thiazole rings is 1. The SMILES string of the molecule is CC(C)(O)c1nc(CO)c(S(N)(=O)=NC(=O)Nc2c(-c3ccncc3F)cnc3c2CCC3(C)C)s1. The largest absolute Gasteiger partial charge is 0.390 e. The minimum absolute atomic E-state index is 0.0349. The van der Waals surface area contributed by atoms with Gasteiger partial charge in [-0.15, -0.1) is 15.7 Å². The number of aliphatic hydroxyl groups excluding tert-OH is 1. The van der Waals surface area contributed by atoms with Gasteiger partial charge < -0.3 is 15.5 Å². The van der Waals surface area contributed by atoms with Crippen LogP contribution in [0, 0.1) is 5.82 Å². The Morgan fingerprint density at radius 2 is 2.08 bits per heavy atom. The molecule has 0 saturated heterocycles. The molecule has 1 aliphatic carbocycles. The average molecular weight is 535 g/mol. The Morgan fingerprint density at radius 3 is 2.72 bits per heavy atom. The van der Waals surface area contributed by atoms with Crippen molar-refractivity contribution < 1.29 is 23.6 Å². The number of nitrogens with zero attached hydrogens (tertiary/aromatic N) is 4. The smallest absolute Gasteiger partial charge is 0.354 e. The summed E-state index contributed by atoms with van der Waals surface area (Å²) in [5.41, 5.74) is 0.664. The van der Waals surface area contributed by atoms with Crippen LogP contribution in [0.25, 0.3) is 11.1 Å². The number of rotatable bonds is 5. The topological polar surface area (TPSA) is 164 Å². The van der Waals surface area contributed by atoms with Crippen molar-refractivity contribution in [3.63, 3.8) is 0 Å². The number of hydrogen-bond donors (Lipinski definition) is 4. The number of carbonyl (C=O) groups excluding carboxylic acids is 1. The number of carbonyl (C=O) groups is 1. The van der Waals surface area contributed by atoms with Crippen molar-refractivity contribution in [3.05, 3.63) is 52.4 Å². The molecule has 0 aliphatic heterocycles. The average Bonchev–Trinajstić information content (AvgIpc) is 3.36. The van der Waals surface area contributed by atoms with E-state index >= 15 is 0 Å². The van der Waals surface area contributed by atoms with E-state index in [1.54, 1.807) is 0 Å². The second-order valence-corrected chi connectivity index (χ2v) is 12.7. The fraction of sp³-hybridized carbons (Fsp3) is 0.391. The van der Waals surface area contributed by atoms with Gasteiger partial charge in [0.25, 0.3) is 0 Å². The Hall–Kier alpha value is -2.84. The van der Waals surface area contributed by atoms with Gasteiger partial charge in [0, 0.05) is 28.9 Å². The summed E-state index contributed by atoms with van der Waals surface area (Å²) >= 11 is 0.806. The summed E-state index contributed by atoms with van der Waals surface area (Å²) in [5.74, 6) is -0.594. The maximum atomic E-state index is 14.6. The number of nitrogens with one attached hydrogen (secondary N) is 1. The first-order valence-electron chi connectivity index (χ1n) is 11.1. The van der Waals surface area contributed by atoms with Crippen molar-refractivity contribution in [2.75, 3.05) is 5.32 Å². The number of fused-ring (bicyclic) bond motifs is 1. The van der Waals surface area contributed by atoms with Crippen molar-refractivity contribution >= 4 is 33.0 Å². The molecule has 3 aromatic rings. The number of hydrogen-bond acceptors (Lipinski definition) is 8. The molecule has 0 radical (unpaired) electrons. The first kappa shape index (κ1) is 26.2. The minimum atomic E-state index is -3.84. The normalized spacial score (nSPS) is 16.3. The standard InChI is InChI=1S/C23H27FN6O4S2/c1-22(2)7-5-13-17(14(9-27-18(13)22)12-6-8-26-10-15(12)24)29-21(32)30-36(25,34)19-16(11-31)28-20(35-19)23(3,4)33/h6,8-10,31,33H,5,7,11H2,1-4H3,(H3,25,27,29,30,32,34). The lowest BCUT2D eigenvalue weighted by Gasteiger charge is -2.20. The molecule has 10 nitrogen and oxygen atoms in total. The number of aliphatic hydroxyl groups is 2. The zero-order valence-electron chi connectivity index (χ0n) is 20.2. The molecule has 192 valence electrons. The van der Waals surface area contributed by atoms with Crippen LogP contribution in [0.15, 0.2) is 33.2 Å². The van der Waals surface area contributed by atoms with E-state index in [9.17, 15) is 23.6 Å². The molecule has 13 heteroatoms. The number of aromatic nitrogens is 3. The van der Waals surface area contributed by atoms with Crippen molar-refractivity contribution in [2.45, 2.75) is 62.4 Å². The molecule has 36 heavy (non-hydrogen) atoms. The van der Waals surface area contributed by atoms with Gasteiger partial charge >= 0.3 is 6.03 Å². The number of halogens is 1. The molecule has 3 heterocycles. The van der Waals surface area contributed by atoms with E-state index in [0.29, 0.717) is 17.7 Å². The van der Waals surface area contributed by atoms with Crippen molar-refractivity contribution in [3.8, 4) is 11.1 Å². The number of amides is 2. The molecule has 0 bridgehead atoms. The van der Waals surface area contributed by atoms with Crippen LogP contribution in [-0.2, 0) is 34.0 Å². The predicted molar refractivity (Wildman–Crippen MR) is 134 cm³/mol. The first-order chi connectivity index (χ1) is 16.7. The highest BCUT2D eigenvalue weighted by molar-refractivity contribution is 7.93. The number of nitrogens with two attached hydrogens (primary N) is 1. The van der Waals surface area contributed by atoms with Gasteiger partial charge in [-0.25, -0.2) is 23.5 Å². The van der Waals surface area contributed by atoms with Gasteiger partial charge in [0.15, 0.2) is 9.92 Å². The minimum Gasteiger partial charge on any atom is -0.390 e. The Labute approximate surface area is 212 Å². The summed E-state index contributed by atoms with van der Waals surface area (Å²) in [4.78, 5) is 25.5. The number of urea groups is 1. The molecular formula is C23H27FN6O4S2. The molecule has 0 saturated carbocycles. The van der Waals surface area contributed by atoms with Gasteiger partial charge in [-0.2, -0.15) is 0 Å².